The van der Waals surface area contributed by atoms with Crippen LogP contribution < -0.4 is 11.1 Å². The van der Waals surface area contributed by atoms with Gasteiger partial charge in [-0.05, 0) is 0 Å². The molecule has 0 spiro atoms. The number of imidazole rings is 1. The zero-order chi connectivity index (χ0) is 13.1. The van der Waals surface area contributed by atoms with Crippen molar-refractivity contribution < 1.29 is 0 Å². The largest absolute Gasteiger partial charge is 0.368 e. The van der Waals surface area contributed by atoms with Crippen molar-refractivity contribution >= 4 is 23.2 Å². The number of anilines is 2. The third-order valence-corrected chi connectivity index (χ3v) is 2.92. The smallest absolute Gasteiger partial charge is 0.241 e. The van der Waals surface area contributed by atoms with Gasteiger partial charge in [-0.1, -0.05) is 0 Å². The molecule has 0 fully saturated rings. The van der Waals surface area contributed by atoms with E-state index < -0.39 is 0 Å². The molecule has 0 saturated heterocycles. The number of nitrogens with one attached hydrogen (secondary N) is 1. The van der Waals surface area contributed by atoms with Crippen molar-refractivity contribution in [2.24, 2.45) is 0 Å². The zero-order valence-corrected chi connectivity index (χ0v) is 10.6. The van der Waals surface area contributed by atoms with Gasteiger partial charge in [0.1, 0.15) is 6.33 Å². The first-order valence-electron chi connectivity index (χ1n) is 5.42. The van der Waals surface area contributed by atoms with Crippen LogP contribution >= 0.6 is 11.3 Å². The van der Waals surface area contributed by atoms with E-state index in [-0.39, 0.29) is 5.95 Å². The average Bonchev–Trinajstić information content (AvgIpc) is 3.09. The Labute approximate surface area is 112 Å². The summed E-state index contributed by atoms with van der Waals surface area (Å²) in [5.41, 5.74) is 8.36. The minimum atomic E-state index is 0.152. The average molecular weight is 274 g/mol. The van der Waals surface area contributed by atoms with Gasteiger partial charge in [0.2, 0.25) is 17.8 Å². The van der Waals surface area contributed by atoms with Gasteiger partial charge in [-0.25, -0.2) is 9.97 Å². The summed E-state index contributed by atoms with van der Waals surface area (Å²) < 4.78 is 1.66. The Morgan fingerprint density at radius 2 is 2.26 bits per heavy atom. The SMILES string of the molecule is Nc1nc(NCc2cscn2)nc(-n2ccnc2)n1. The highest BCUT2D eigenvalue weighted by Crippen LogP contribution is 2.08. The van der Waals surface area contributed by atoms with Crippen molar-refractivity contribution in [1.29, 1.82) is 0 Å². The summed E-state index contributed by atoms with van der Waals surface area (Å²) >= 11 is 1.54. The molecule has 3 rings (SSSR count). The van der Waals surface area contributed by atoms with E-state index in [0.29, 0.717) is 18.4 Å². The highest BCUT2D eigenvalue weighted by molar-refractivity contribution is 7.07. The minimum Gasteiger partial charge on any atom is -0.368 e. The number of nitrogens with zero attached hydrogens (tertiary/aromatic N) is 6. The van der Waals surface area contributed by atoms with Crippen molar-refractivity contribution in [3.8, 4) is 5.95 Å². The lowest BCUT2D eigenvalue weighted by Crippen LogP contribution is -2.10. The van der Waals surface area contributed by atoms with Gasteiger partial charge in [0.05, 0.1) is 17.7 Å². The molecular formula is C10H10N8S. The van der Waals surface area contributed by atoms with Crippen molar-refractivity contribution in [2.75, 3.05) is 11.1 Å². The Hall–Kier alpha value is -2.55. The summed E-state index contributed by atoms with van der Waals surface area (Å²) in [6.45, 7) is 0.538. The Kier molecular flexibility index (Phi) is 3.02. The van der Waals surface area contributed by atoms with E-state index in [1.165, 1.54) is 11.3 Å². The summed E-state index contributed by atoms with van der Waals surface area (Å²) in [6.07, 6.45) is 4.97. The fourth-order valence-corrected chi connectivity index (χ4v) is 2.01. The van der Waals surface area contributed by atoms with E-state index >= 15 is 0 Å². The number of nitrogens with two attached hydrogens (primary N) is 1. The lowest BCUT2D eigenvalue weighted by atomic mass is 10.5. The molecular weight excluding hydrogens is 264 g/mol. The van der Waals surface area contributed by atoms with Crippen molar-refractivity contribution in [1.82, 2.24) is 29.5 Å². The lowest BCUT2D eigenvalue weighted by molar-refractivity contribution is 0.893. The Morgan fingerprint density at radius 1 is 1.32 bits per heavy atom. The predicted molar refractivity (Wildman–Crippen MR) is 70.8 cm³/mol. The maximum absolute atomic E-state index is 5.66. The highest BCUT2D eigenvalue weighted by Gasteiger charge is 2.06. The van der Waals surface area contributed by atoms with Crippen molar-refractivity contribution in [3.63, 3.8) is 0 Å². The second-order valence-corrected chi connectivity index (χ2v) is 4.34. The van der Waals surface area contributed by atoms with Crippen LogP contribution in [0.4, 0.5) is 11.9 Å². The van der Waals surface area contributed by atoms with Gasteiger partial charge < -0.3 is 11.1 Å². The molecule has 0 bridgehead atoms. The second kappa shape index (κ2) is 4.98. The van der Waals surface area contributed by atoms with Crippen LogP contribution in [0.3, 0.4) is 0 Å². The summed E-state index contributed by atoms with van der Waals surface area (Å²) in [7, 11) is 0. The van der Waals surface area contributed by atoms with Crippen molar-refractivity contribution in [3.05, 3.63) is 35.3 Å². The quantitative estimate of drug-likeness (QED) is 0.721. The van der Waals surface area contributed by atoms with Gasteiger partial charge in [0.25, 0.3) is 0 Å². The third kappa shape index (κ3) is 2.65. The fourth-order valence-electron chi connectivity index (χ4n) is 1.45. The molecule has 96 valence electrons. The molecule has 3 N–H and O–H groups in total. The molecule has 8 nitrogen and oxygen atoms in total. The highest BCUT2D eigenvalue weighted by atomic mass is 32.1. The standard InChI is InChI=1S/C10H10N8S/c11-8-15-9(13-3-7-4-19-6-14-7)17-10(16-8)18-2-1-12-5-18/h1-2,4-6H,3H2,(H3,11,13,15,16,17). The number of aromatic nitrogens is 6. The molecule has 3 heterocycles. The topological polar surface area (TPSA) is 107 Å². The van der Waals surface area contributed by atoms with E-state index in [1.807, 2.05) is 5.38 Å². The van der Waals surface area contributed by atoms with Crippen LogP contribution in [0.5, 0.6) is 0 Å². The lowest BCUT2D eigenvalue weighted by Gasteiger charge is -2.06. The van der Waals surface area contributed by atoms with Crippen LogP contribution in [0.15, 0.2) is 29.6 Å². The normalized spacial score (nSPS) is 10.5. The van der Waals surface area contributed by atoms with Gasteiger partial charge >= 0.3 is 0 Å². The molecule has 0 radical (unpaired) electrons. The van der Waals surface area contributed by atoms with Crippen molar-refractivity contribution in [2.45, 2.75) is 6.54 Å². The number of rotatable bonds is 4. The van der Waals surface area contributed by atoms with Gasteiger partial charge in [-0.2, -0.15) is 15.0 Å². The molecule has 0 aliphatic heterocycles. The molecule has 0 atom stereocenters. The molecule has 0 aliphatic rings. The van der Waals surface area contributed by atoms with Gasteiger partial charge in [-0.3, -0.25) is 4.57 Å². The molecule has 0 aromatic carbocycles. The fraction of sp³-hybridized carbons (Fsp3) is 0.100. The molecule has 9 heteroatoms. The number of hydrogen-bond donors (Lipinski definition) is 2. The van der Waals surface area contributed by atoms with Crippen LogP contribution in [0.25, 0.3) is 5.95 Å². The maximum atomic E-state index is 5.66. The number of thiazole rings is 1. The van der Waals surface area contributed by atoms with E-state index in [9.17, 15) is 0 Å². The van der Waals surface area contributed by atoms with E-state index in [1.54, 1.807) is 28.8 Å². The Bertz CT molecular complexity index is 648. The predicted octanol–water partition coefficient (Wildman–Crippen LogP) is 0.708. The summed E-state index contributed by atoms with van der Waals surface area (Å²) in [5, 5.41) is 5.01. The molecule has 19 heavy (non-hydrogen) atoms. The summed E-state index contributed by atoms with van der Waals surface area (Å²) in [5.74, 6) is 0.981. The molecule has 0 aliphatic carbocycles. The van der Waals surface area contributed by atoms with Crippen LogP contribution in [-0.4, -0.2) is 29.5 Å². The summed E-state index contributed by atoms with van der Waals surface area (Å²) in [4.78, 5) is 20.4. The molecule has 0 unspecified atom stereocenters. The Morgan fingerprint density at radius 3 is 3.00 bits per heavy atom. The van der Waals surface area contributed by atoms with E-state index in [4.69, 9.17) is 5.73 Å². The summed E-state index contributed by atoms with van der Waals surface area (Å²) in [6, 6.07) is 0. The van der Waals surface area contributed by atoms with Gasteiger partial charge in [0.15, 0.2) is 0 Å². The van der Waals surface area contributed by atoms with Gasteiger partial charge in [0, 0.05) is 17.8 Å². The number of hydrogen-bond acceptors (Lipinski definition) is 8. The van der Waals surface area contributed by atoms with Crippen LogP contribution in [0.2, 0.25) is 0 Å². The first-order chi connectivity index (χ1) is 9.31. The molecule has 3 aromatic heterocycles. The van der Waals surface area contributed by atoms with Crippen LogP contribution in [0, 0.1) is 0 Å². The second-order valence-electron chi connectivity index (χ2n) is 3.62. The monoisotopic (exact) mass is 274 g/mol. The van der Waals surface area contributed by atoms with Crippen LogP contribution in [0.1, 0.15) is 5.69 Å². The Balaban J connectivity index is 1.82. The third-order valence-electron chi connectivity index (χ3n) is 2.29. The van der Waals surface area contributed by atoms with Gasteiger partial charge in [-0.15, -0.1) is 11.3 Å². The molecule has 0 saturated carbocycles. The number of nitrogen functional groups attached to an aromatic ring is 1. The van der Waals surface area contributed by atoms with E-state index in [0.717, 1.165) is 5.69 Å². The minimum absolute atomic E-state index is 0.152. The first kappa shape index (κ1) is 11.5. The molecule has 3 aromatic rings. The first-order valence-corrected chi connectivity index (χ1v) is 6.36. The molecule has 0 amide bonds. The van der Waals surface area contributed by atoms with E-state index in [2.05, 4.69) is 30.2 Å². The maximum Gasteiger partial charge on any atom is 0.241 e. The zero-order valence-electron chi connectivity index (χ0n) is 9.76. The van der Waals surface area contributed by atoms with Crippen LogP contribution in [-0.2, 0) is 6.54 Å².